The molecule has 2 heteroatoms. The van der Waals surface area contributed by atoms with E-state index >= 15 is 0 Å². The number of nitrogens with zero attached hydrogens (tertiary/aromatic N) is 2. The first-order valence-corrected chi connectivity index (χ1v) is 3.27. The van der Waals surface area contributed by atoms with Crippen LogP contribution >= 0.6 is 0 Å². The molecule has 0 fully saturated rings. The summed E-state index contributed by atoms with van der Waals surface area (Å²) in [5.41, 5.74) is 1.19. The summed E-state index contributed by atoms with van der Waals surface area (Å²) in [5.74, 6) is 0.523. The molecule has 0 bridgehead atoms. The smallest absolute Gasteiger partial charge is 0.110 e. The third-order valence-corrected chi connectivity index (χ3v) is 1.95. The molecule has 2 nitrogen and oxygen atoms in total. The van der Waals surface area contributed by atoms with Crippen molar-refractivity contribution in [2.75, 3.05) is 0 Å². The van der Waals surface area contributed by atoms with Gasteiger partial charge in [-0.15, -0.1) is 0 Å². The van der Waals surface area contributed by atoms with E-state index < -0.39 is 0 Å². The molecular weight excluding hydrogens is 112 g/mol. The van der Waals surface area contributed by atoms with Gasteiger partial charge in [-0.25, -0.2) is 4.99 Å². The second kappa shape index (κ2) is 2.29. The lowest BCUT2D eigenvalue weighted by Crippen LogP contribution is -2.22. The zero-order valence-corrected chi connectivity index (χ0v) is 6.13. The maximum atomic E-state index is 4.15. The highest BCUT2D eigenvalue weighted by atomic mass is 14.9. The molecule has 0 aliphatic carbocycles. The Balaban J connectivity index is 2.73. The van der Waals surface area contributed by atoms with Gasteiger partial charge in [0.2, 0.25) is 0 Å². The van der Waals surface area contributed by atoms with Crippen molar-refractivity contribution in [3.05, 3.63) is 0 Å². The van der Waals surface area contributed by atoms with Crippen molar-refractivity contribution in [2.45, 2.75) is 26.8 Å². The summed E-state index contributed by atoms with van der Waals surface area (Å²) in [6.45, 7) is 6.31. The molecule has 0 aromatic rings. The lowest BCUT2D eigenvalue weighted by molar-refractivity contribution is 0.608. The molecule has 0 radical (unpaired) electrons. The van der Waals surface area contributed by atoms with E-state index in [-0.39, 0.29) is 0 Å². The minimum atomic E-state index is 0.419. The highest BCUT2D eigenvalue weighted by molar-refractivity contribution is 5.92. The molecule has 0 aromatic carbocycles. The SMILES string of the molecule is CC1=NC=NC(C)C1C. The second-order valence-electron chi connectivity index (χ2n) is 2.56. The molecule has 1 aliphatic heterocycles. The second-order valence-corrected chi connectivity index (χ2v) is 2.56. The van der Waals surface area contributed by atoms with E-state index in [1.54, 1.807) is 6.34 Å². The van der Waals surface area contributed by atoms with Crippen LogP contribution in [-0.4, -0.2) is 18.1 Å². The van der Waals surface area contributed by atoms with E-state index in [2.05, 4.69) is 23.8 Å². The minimum absolute atomic E-state index is 0.419. The molecule has 1 rings (SSSR count). The van der Waals surface area contributed by atoms with Crippen LogP contribution in [0.25, 0.3) is 0 Å². The maximum Gasteiger partial charge on any atom is 0.110 e. The molecule has 2 unspecified atom stereocenters. The van der Waals surface area contributed by atoms with Crippen LogP contribution in [0.2, 0.25) is 0 Å². The molecule has 0 saturated heterocycles. The summed E-state index contributed by atoms with van der Waals surface area (Å²) in [6, 6.07) is 0.419. The van der Waals surface area contributed by atoms with Crippen LogP contribution in [0.1, 0.15) is 20.8 Å². The van der Waals surface area contributed by atoms with Gasteiger partial charge in [0.15, 0.2) is 0 Å². The summed E-state index contributed by atoms with van der Waals surface area (Å²) < 4.78 is 0. The maximum absolute atomic E-state index is 4.15. The largest absolute Gasteiger partial charge is 0.270 e. The fourth-order valence-corrected chi connectivity index (χ4v) is 0.825. The van der Waals surface area contributed by atoms with Gasteiger partial charge in [-0.3, -0.25) is 4.99 Å². The monoisotopic (exact) mass is 124 g/mol. The summed E-state index contributed by atoms with van der Waals surface area (Å²) >= 11 is 0. The van der Waals surface area contributed by atoms with Gasteiger partial charge in [0.1, 0.15) is 6.34 Å². The highest BCUT2D eigenvalue weighted by Crippen LogP contribution is 2.11. The quantitative estimate of drug-likeness (QED) is 0.467. The molecule has 1 heterocycles. The topological polar surface area (TPSA) is 24.7 Å². The van der Waals surface area contributed by atoms with Crippen LogP contribution in [0, 0.1) is 5.92 Å². The molecule has 0 N–H and O–H groups in total. The fourth-order valence-electron chi connectivity index (χ4n) is 0.825. The number of hydrogen-bond acceptors (Lipinski definition) is 2. The van der Waals surface area contributed by atoms with Crippen LogP contribution < -0.4 is 0 Å². The van der Waals surface area contributed by atoms with Gasteiger partial charge in [-0.1, -0.05) is 6.92 Å². The van der Waals surface area contributed by atoms with Crippen LogP contribution in [0.15, 0.2) is 9.98 Å². The van der Waals surface area contributed by atoms with Gasteiger partial charge >= 0.3 is 0 Å². The summed E-state index contributed by atoms with van der Waals surface area (Å²) in [6.07, 6.45) is 1.65. The molecule has 0 aromatic heterocycles. The number of aliphatic imine (C=N–C) groups is 2. The summed E-state index contributed by atoms with van der Waals surface area (Å²) in [5, 5.41) is 0. The minimum Gasteiger partial charge on any atom is -0.270 e. The van der Waals surface area contributed by atoms with Crippen molar-refractivity contribution < 1.29 is 0 Å². The lowest BCUT2D eigenvalue weighted by atomic mass is 9.99. The van der Waals surface area contributed by atoms with E-state index in [1.165, 1.54) is 5.71 Å². The Labute approximate surface area is 55.7 Å². The van der Waals surface area contributed by atoms with Crippen LogP contribution in [0.4, 0.5) is 0 Å². The van der Waals surface area contributed by atoms with Crippen molar-refractivity contribution in [1.82, 2.24) is 0 Å². The van der Waals surface area contributed by atoms with Gasteiger partial charge in [-0.05, 0) is 13.8 Å². The molecule has 0 saturated carbocycles. The van der Waals surface area contributed by atoms with Gasteiger partial charge in [0.05, 0.1) is 6.04 Å². The van der Waals surface area contributed by atoms with Crippen molar-refractivity contribution in [3.63, 3.8) is 0 Å². The Kier molecular flexibility index (Phi) is 1.65. The zero-order valence-electron chi connectivity index (χ0n) is 6.13. The Morgan fingerprint density at radius 3 is 2.56 bits per heavy atom. The molecule has 2 atom stereocenters. The highest BCUT2D eigenvalue weighted by Gasteiger charge is 2.15. The van der Waals surface area contributed by atoms with Gasteiger partial charge < -0.3 is 0 Å². The molecule has 9 heavy (non-hydrogen) atoms. The van der Waals surface area contributed by atoms with Crippen LogP contribution in [-0.2, 0) is 0 Å². The first-order chi connectivity index (χ1) is 4.22. The van der Waals surface area contributed by atoms with Gasteiger partial charge in [0.25, 0.3) is 0 Å². The Bertz CT molecular complexity index is 158. The lowest BCUT2D eigenvalue weighted by Gasteiger charge is -2.17. The van der Waals surface area contributed by atoms with E-state index in [9.17, 15) is 0 Å². The molecule has 0 spiro atoms. The van der Waals surface area contributed by atoms with Crippen molar-refractivity contribution in [2.24, 2.45) is 15.9 Å². The standard InChI is InChI=1S/C7H12N2/c1-5-6(2)8-4-9-7(5)3/h4-6H,1-3H3. The van der Waals surface area contributed by atoms with E-state index in [0.29, 0.717) is 12.0 Å². The Morgan fingerprint density at radius 2 is 2.11 bits per heavy atom. The summed E-state index contributed by atoms with van der Waals surface area (Å²) in [7, 11) is 0. The number of rotatable bonds is 0. The fraction of sp³-hybridized carbons (Fsp3) is 0.714. The number of hydrogen-bond donors (Lipinski definition) is 0. The third-order valence-electron chi connectivity index (χ3n) is 1.95. The normalized spacial score (nSPS) is 34.3. The van der Waals surface area contributed by atoms with Gasteiger partial charge in [-0.2, -0.15) is 0 Å². The Hall–Kier alpha value is -0.660. The van der Waals surface area contributed by atoms with Crippen molar-refractivity contribution in [3.8, 4) is 0 Å². The van der Waals surface area contributed by atoms with Crippen LogP contribution in [0.3, 0.4) is 0 Å². The average Bonchev–Trinajstić information content (AvgIpc) is 1.83. The van der Waals surface area contributed by atoms with Crippen molar-refractivity contribution in [1.29, 1.82) is 0 Å². The predicted molar refractivity (Wildman–Crippen MR) is 40.2 cm³/mol. The Morgan fingerprint density at radius 1 is 1.44 bits per heavy atom. The first-order valence-electron chi connectivity index (χ1n) is 3.27. The van der Waals surface area contributed by atoms with E-state index in [0.717, 1.165) is 0 Å². The third kappa shape index (κ3) is 1.18. The van der Waals surface area contributed by atoms with E-state index in [4.69, 9.17) is 0 Å². The predicted octanol–water partition coefficient (Wildman–Crippen LogP) is 1.51. The molecule has 0 amide bonds. The first kappa shape index (κ1) is 6.46. The van der Waals surface area contributed by atoms with Crippen LogP contribution in [0.5, 0.6) is 0 Å². The molecule has 1 aliphatic rings. The van der Waals surface area contributed by atoms with E-state index in [1.807, 2.05) is 6.92 Å². The average molecular weight is 124 g/mol. The molecule has 50 valence electrons. The molecular formula is C7H12N2. The summed E-state index contributed by atoms with van der Waals surface area (Å²) in [4.78, 5) is 8.24. The van der Waals surface area contributed by atoms with Crippen molar-refractivity contribution >= 4 is 12.1 Å². The zero-order chi connectivity index (χ0) is 6.85. The van der Waals surface area contributed by atoms with Gasteiger partial charge in [0, 0.05) is 11.6 Å².